The van der Waals surface area contributed by atoms with Gasteiger partial charge in [0.25, 0.3) is 0 Å². The molecule has 0 fully saturated rings. The molecule has 0 saturated carbocycles. The van der Waals surface area contributed by atoms with Gasteiger partial charge in [-0.2, -0.15) is 5.10 Å². The number of pyridine rings is 2. The van der Waals surface area contributed by atoms with Gasteiger partial charge in [0.1, 0.15) is 11.2 Å². The van der Waals surface area contributed by atoms with E-state index in [0.29, 0.717) is 11.5 Å². The van der Waals surface area contributed by atoms with E-state index in [1.54, 1.807) is 24.7 Å². The highest BCUT2D eigenvalue weighted by atomic mass is 16.1. The van der Waals surface area contributed by atoms with E-state index in [0.717, 1.165) is 50.0 Å². The Hall–Kier alpha value is -4.59. The first-order chi connectivity index (χ1) is 15.7. The van der Waals surface area contributed by atoms with Crippen LogP contribution in [0.5, 0.6) is 0 Å². The summed E-state index contributed by atoms with van der Waals surface area (Å²) in [6.45, 7) is 1.53. The Kier molecular flexibility index (Phi) is 3.97. The van der Waals surface area contributed by atoms with Crippen LogP contribution in [0.4, 0.5) is 0 Å². The Morgan fingerprint density at radius 1 is 0.906 bits per heavy atom. The van der Waals surface area contributed by atoms with Crippen molar-refractivity contribution in [2.75, 3.05) is 0 Å². The lowest BCUT2D eigenvalue weighted by atomic mass is 10.0. The van der Waals surface area contributed by atoms with E-state index >= 15 is 0 Å². The van der Waals surface area contributed by atoms with Crippen LogP contribution in [0.3, 0.4) is 0 Å². The van der Waals surface area contributed by atoms with Gasteiger partial charge in [0, 0.05) is 47.7 Å². The van der Waals surface area contributed by atoms with Crippen LogP contribution in [0.25, 0.3) is 55.8 Å². The monoisotopic (exact) mass is 419 g/mol. The van der Waals surface area contributed by atoms with Gasteiger partial charge in [-0.25, -0.2) is 4.98 Å². The minimum absolute atomic E-state index is 0.0217. The molecule has 154 valence electrons. The van der Waals surface area contributed by atoms with E-state index in [-0.39, 0.29) is 5.78 Å². The van der Waals surface area contributed by atoms with Crippen LogP contribution in [0, 0.1) is 0 Å². The molecule has 0 aliphatic heterocycles. The van der Waals surface area contributed by atoms with Crippen LogP contribution >= 0.6 is 0 Å². The van der Waals surface area contributed by atoms with Gasteiger partial charge in [-0.1, -0.05) is 12.1 Å². The molecule has 0 radical (unpaired) electrons. The van der Waals surface area contributed by atoms with Crippen molar-refractivity contribution in [2.45, 2.75) is 6.92 Å². The van der Waals surface area contributed by atoms with Crippen molar-refractivity contribution >= 4 is 27.7 Å². The first-order valence-electron chi connectivity index (χ1n) is 10.1. The second-order valence-electron chi connectivity index (χ2n) is 7.58. The van der Waals surface area contributed by atoms with Gasteiger partial charge in [0.15, 0.2) is 11.6 Å². The molecule has 0 bridgehead atoms. The number of nitrogens with zero attached hydrogens (tertiary/aromatic N) is 4. The number of Topliss-reactive ketones (excluding diaryl/α,β-unsaturated/α-hetero) is 1. The zero-order valence-corrected chi connectivity index (χ0v) is 17.0. The van der Waals surface area contributed by atoms with Gasteiger partial charge in [-0.15, -0.1) is 0 Å². The first-order valence-corrected chi connectivity index (χ1v) is 10.1. The highest BCUT2D eigenvalue weighted by molar-refractivity contribution is 5.98. The number of carbonyl (C=O) groups is 1. The van der Waals surface area contributed by atoms with Crippen LogP contribution in [-0.2, 0) is 0 Å². The number of rotatable bonds is 4. The van der Waals surface area contributed by atoms with Gasteiger partial charge in [0.2, 0.25) is 0 Å². The summed E-state index contributed by atoms with van der Waals surface area (Å²) in [4.78, 5) is 31.6. The first kappa shape index (κ1) is 18.2. The third-order valence-corrected chi connectivity index (χ3v) is 5.53. The number of H-pyrrole nitrogens is 3. The molecule has 6 rings (SSSR count). The predicted molar refractivity (Wildman–Crippen MR) is 122 cm³/mol. The third kappa shape index (κ3) is 2.89. The van der Waals surface area contributed by atoms with Crippen LogP contribution in [0.2, 0.25) is 0 Å². The molecule has 0 amide bonds. The quantitative estimate of drug-likeness (QED) is 0.356. The minimum Gasteiger partial charge on any atom is -0.352 e. The largest absolute Gasteiger partial charge is 0.352 e. The fourth-order valence-corrected chi connectivity index (χ4v) is 3.91. The van der Waals surface area contributed by atoms with E-state index in [1.807, 2.05) is 36.5 Å². The van der Waals surface area contributed by atoms with Gasteiger partial charge in [-0.3, -0.25) is 19.9 Å². The molecule has 6 aromatic rings. The van der Waals surface area contributed by atoms with Gasteiger partial charge >= 0.3 is 0 Å². The topological polar surface area (TPSA) is 116 Å². The molecule has 0 spiro atoms. The molecule has 0 unspecified atom stereocenters. The molecule has 32 heavy (non-hydrogen) atoms. The molecule has 5 heterocycles. The summed E-state index contributed by atoms with van der Waals surface area (Å²) in [6.07, 6.45) is 7.08. The van der Waals surface area contributed by atoms with Gasteiger partial charge < -0.3 is 9.97 Å². The number of nitrogens with one attached hydrogen (secondary N) is 3. The lowest BCUT2D eigenvalue weighted by Gasteiger charge is -2.01. The zero-order valence-electron chi connectivity index (χ0n) is 17.0. The average Bonchev–Trinajstić information content (AvgIpc) is 3.56. The molecule has 0 saturated heterocycles. The lowest BCUT2D eigenvalue weighted by molar-refractivity contribution is 0.101. The number of hydrogen-bond donors (Lipinski definition) is 3. The number of carbonyl (C=O) groups excluding carboxylic acids is 1. The molecule has 5 aromatic heterocycles. The Morgan fingerprint density at radius 3 is 2.66 bits per heavy atom. The Morgan fingerprint density at radius 2 is 1.84 bits per heavy atom. The van der Waals surface area contributed by atoms with Crippen LogP contribution in [0.15, 0.2) is 67.3 Å². The number of imidazole rings is 1. The summed E-state index contributed by atoms with van der Waals surface area (Å²) in [5.41, 5.74) is 7.42. The second kappa shape index (κ2) is 6.98. The molecule has 0 aliphatic carbocycles. The fraction of sp³-hybridized carbons (Fsp3) is 0.0417. The summed E-state index contributed by atoms with van der Waals surface area (Å²) in [5, 5.41) is 8.56. The van der Waals surface area contributed by atoms with E-state index in [4.69, 9.17) is 4.98 Å². The summed E-state index contributed by atoms with van der Waals surface area (Å²) >= 11 is 0. The highest BCUT2D eigenvalue weighted by Gasteiger charge is 2.17. The van der Waals surface area contributed by atoms with E-state index in [9.17, 15) is 4.79 Å². The van der Waals surface area contributed by atoms with E-state index in [1.165, 1.54) is 6.92 Å². The molecular formula is C24H17N7O. The number of hydrogen-bond acceptors (Lipinski definition) is 5. The van der Waals surface area contributed by atoms with Crippen LogP contribution < -0.4 is 0 Å². The summed E-state index contributed by atoms with van der Waals surface area (Å²) < 4.78 is 0. The summed E-state index contributed by atoms with van der Waals surface area (Å²) in [6, 6.07) is 13.7. The zero-order chi connectivity index (χ0) is 21.7. The number of ketones is 1. The van der Waals surface area contributed by atoms with Crippen molar-refractivity contribution in [3.63, 3.8) is 0 Å². The van der Waals surface area contributed by atoms with Crippen molar-refractivity contribution in [3.05, 3.63) is 72.9 Å². The van der Waals surface area contributed by atoms with E-state index < -0.39 is 0 Å². The molecule has 8 nitrogen and oxygen atoms in total. The Bertz CT molecular complexity index is 1610. The highest BCUT2D eigenvalue weighted by Crippen LogP contribution is 2.32. The SMILES string of the molecule is CC(=O)c1ccc(-c2cncc3[nH]c(-c4n[nH]c5ccc(-c6cccnc6)cc45)nc23)[nH]1. The average molecular weight is 419 g/mol. The third-order valence-electron chi connectivity index (χ3n) is 5.53. The normalized spacial score (nSPS) is 11.4. The molecule has 0 aliphatic rings. The van der Waals surface area contributed by atoms with Crippen molar-refractivity contribution in [1.29, 1.82) is 0 Å². The predicted octanol–water partition coefficient (Wildman–Crippen LogP) is 4.76. The molecule has 3 N–H and O–H groups in total. The second-order valence-corrected chi connectivity index (χ2v) is 7.58. The summed E-state index contributed by atoms with van der Waals surface area (Å²) in [7, 11) is 0. The molecular weight excluding hydrogens is 402 g/mol. The number of benzene rings is 1. The standard InChI is InChI=1S/C24H17N7O/c1-13(32)18-6-7-19(27-18)17-11-26-12-21-22(17)29-24(28-21)23-16-9-14(4-5-20(16)30-31-23)15-3-2-8-25-10-15/h2-12,27H,1H3,(H,28,29)(H,30,31). The van der Waals surface area contributed by atoms with E-state index in [2.05, 4.69) is 36.2 Å². The summed E-state index contributed by atoms with van der Waals surface area (Å²) in [5.74, 6) is 0.619. The molecule has 8 heteroatoms. The molecule has 0 atom stereocenters. The maximum absolute atomic E-state index is 11.7. The Labute approximate surface area is 181 Å². The fourth-order valence-electron chi connectivity index (χ4n) is 3.91. The van der Waals surface area contributed by atoms with Gasteiger partial charge in [0.05, 0.1) is 22.9 Å². The van der Waals surface area contributed by atoms with Crippen LogP contribution in [0.1, 0.15) is 17.4 Å². The number of aromatic nitrogens is 7. The lowest BCUT2D eigenvalue weighted by Crippen LogP contribution is -1.91. The van der Waals surface area contributed by atoms with Crippen molar-refractivity contribution in [2.24, 2.45) is 0 Å². The van der Waals surface area contributed by atoms with Crippen molar-refractivity contribution < 1.29 is 4.79 Å². The Balaban J connectivity index is 1.49. The maximum atomic E-state index is 11.7. The maximum Gasteiger partial charge on any atom is 0.175 e. The van der Waals surface area contributed by atoms with Gasteiger partial charge in [-0.05, 0) is 35.9 Å². The minimum atomic E-state index is -0.0217. The van der Waals surface area contributed by atoms with Crippen molar-refractivity contribution in [1.82, 2.24) is 35.1 Å². The number of aromatic amines is 3. The molecule has 1 aromatic carbocycles. The number of fused-ring (bicyclic) bond motifs is 2. The van der Waals surface area contributed by atoms with Crippen LogP contribution in [-0.4, -0.2) is 40.9 Å². The van der Waals surface area contributed by atoms with Crippen molar-refractivity contribution in [3.8, 4) is 33.9 Å². The smallest absolute Gasteiger partial charge is 0.175 e.